The van der Waals surface area contributed by atoms with E-state index in [1.165, 1.54) is 0 Å². The molecule has 1 rings (SSSR count). The summed E-state index contributed by atoms with van der Waals surface area (Å²) in [6.07, 6.45) is 2.89. The molecule has 1 aromatic carbocycles. The van der Waals surface area contributed by atoms with Gasteiger partial charge in [-0.2, -0.15) is 0 Å². The number of benzene rings is 1. The van der Waals surface area contributed by atoms with E-state index < -0.39 is 0 Å². The fourth-order valence-electron chi connectivity index (χ4n) is 2.32. The molecule has 0 saturated heterocycles. The van der Waals surface area contributed by atoms with Crippen LogP contribution in [0.15, 0.2) is 24.8 Å². The number of phenols is 1. The van der Waals surface area contributed by atoms with Crippen LogP contribution in [0.2, 0.25) is 0 Å². The van der Waals surface area contributed by atoms with E-state index in [4.69, 9.17) is 0 Å². The van der Waals surface area contributed by atoms with Crippen LogP contribution in [0.4, 0.5) is 0 Å². The van der Waals surface area contributed by atoms with Crippen molar-refractivity contribution >= 4 is 5.78 Å². The Morgan fingerprint density at radius 2 is 1.52 bits per heavy atom. The first-order valence-electron chi connectivity index (χ1n) is 7.50. The summed E-state index contributed by atoms with van der Waals surface area (Å²) in [6.45, 7) is 16.0. The zero-order chi connectivity index (χ0) is 16.4. The molecule has 0 aliphatic rings. The number of Topliss-reactive ketones (excluding diaryl/α,β-unsaturated/α-hetero) is 1. The van der Waals surface area contributed by atoms with E-state index in [0.29, 0.717) is 24.2 Å². The van der Waals surface area contributed by atoms with Crippen molar-refractivity contribution in [3.05, 3.63) is 41.5 Å². The van der Waals surface area contributed by atoms with Crippen molar-refractivity contribution in [3.63, 3.8) is 0 Å². The van der Waals surface area contributed by atoms with E-state index >= 15 is 0 Å². The van der Waals surface area contributed by atoms with Gasteiger partial charge in [0.15, 0.2) is 5.78 Å². The first-order chi connectivity index (χ1) is 9.48. The van der Waals surface area contributed by atoms with Crippen molar-refractivity contribution in [1.29, 1.82) is 0 Å². The van der Waals surface area contributed by atoms with Crippen LogP contribution in [0.5, 0.6) is 5.75 Å². The molecule has 2 heteroatoms. The smallest absolute Gasteiger partial charge is 0.163 e. The van der Waals surface area contributed by atoms with Gasteiger partial charge in [-0.15, -0.1) is 6.58 Å². The lowest BCUT2D eigenvalue weighted by atomic mass is 9.78. The summed E-state index contributed by atoms with van der Waals surface area (Å²) in [5.74, 6) is 0.418. The fourth-order valence-corrected chi connectivity index (χ4v) is 2.32. The molecule has 0 unspecified atom stereocenters. The van der Waals surface area contributed by atoms with Crippen molar-refractivity contribution < 1.29 is 9.90 Å². The van der Waals surface area contributed by atoms with Gasteiger partial charge in [-0.1, -0.05) is 47.6 Å². The summed E-state index contributed by atoms with van der Waals surface area (Å²) < 4.78 is 0. The first-order valence-corrected chi connectivity index (χ1v) is 7.50. The van der Waals surface area contributed by atoms with E-state index in [-0.39, 0.29) is 16.6 Å². The SMILES string of the molecule is C=CCCC(=O)c1cc(C(C)(C)C)c(O)c(C(C)(C)C)c1. The molecule has 0 spiro atoms. The number of carbonyl (C=O) groups excluding carboxylic acids is 1. The van der Waals surface area contributed by atoms with Crippen LogP contribution in [-0.4, -0.2) is 10.9 Å². The molecule has 0 saturated carbocycles. The van der Waals surface area contributed by atoms with Gasteiger partial charge in [-0.05, 0) is 29.4 Å². The van der Waals surface area contributed by atoms with Gasteiger partial charge in [0, 0.05) is 23.1 Å². The molecule has 0 atom stereocenters. The zero-order valence-corrected chi connectivity index (χ0v) is 14.2. The molecular formula is C19H28O2. The molecule has 0 aromatic heterocycles. The Labute approximate surface area is 128 Å². The maximum atomic E-state index is 12.3. The molecule has 0 aliphatic heterocycles. The lowest BCUT2D eigenvalue weighted by Gasteiger charge is -2.28. The Kier molecular flexibility index (Phi) is 5.03. The second-order valence-electron chi connectivity index (χ2n) is 7.67. The van der Waals surface area contributed by atoms with Crippen molar-refractivity contribution in [2.75, 3.05) is 0 Å². The summed E-state index contributed by atoms with van der Waals surface area (Å²) in [6, 6.07) is 3.69. The summed E-state index contributed by atoms with van der Waals surface area (Å²) in [5.41, 5.74) is 1.93. The molecule has 0 amide bonds. The third kappa shape index (κ3) is 4.20. The first kappa shape index (κ1) is 17.5. The molecule has 0 aliphatic carbocycles. The highest BCUT2D eigenvalue weighted by Crippen LogP contribution is 2.39. The van der Waals surface area contributed by atoms with E-state index in [1.807, 2.05) is 53.7 Å². The van der Waals surface area contributed by atoms with Crippen LogP contribution < -0.4 is 0 Å². The van der Waals surface area contributed by atoms with E-state index in [2.05, 4.69) is 6.58 Å². The molecule has 0 fully saturated rings. The molecule has 1 N–H and O–H groups in total. The number of carbonyl (C=O) groups is 1. The zero-order valence-electron chi connectivity index (χ0n) is 14.2. The van der Waals surface area contributed by atoms with Crippen molar-refractivity contribution in [2.45, 2.75) is 65.2 Å². The third-order valence-corrected chi connectivity index (χ3v) is 3.62. The summed E-state index contributed by atoms with van der Waals surface area (Å²) in [7, 11) is 0. The predicted molar refractivity (Wildman–Crippen MR) is 89.3 cm³/mol. The average Bonchev–Trinajstić information content (AvgIpc) is 2.33. The normalized spacial score (nSPS) is 12.3. The number of aromatic hydroxyl groups is 1. The van der Waals surface area contributed by atoms with Crippen molar-refractivity contribution in [3.8, 4) is 5.75 Å². The number of phenolic OH excluding ortho intramolecular Hbond substituents is 1. The van der Waals surface area contributed by atoms with Crippen molar-refractivity contribution in [2.24, 2.45) is 0 Å². The van der Waals surface area contributed by atoms with Crippen LogP contribution in [-0.2, 0) is 10.8 Å². The number of hydrogen-bond acceptors (Lipinski definition) is 2. The van der Waals surface area contributed by atoms with Crippen LogP contribution in [0.25, 0.3) is 0 Å². The molecule has 0 heterocycles. The monoisotopic (exact) mass is 288 g/mol. The number of rotatable bonds is 4. The summed E-state index contributed by atoms with van der Waals surface area (Å²) in [4.78, 5) is 12.3. The Hall–Kier alpha value is -1.57. The minimum absolute atomic E-state index is 0.103. The Balaban J connectivity index is 3.47. The second kappa shape index (κ2) is 6.05. The topological polar surface area (TPSA) is 37.3 Å². The molecule has 1 aromatic rings. The fraction of sp³-hybridized carbons (Fsp3) is 0.526. The van der Waals surface area contributed by atoms with Gasteiger partial charge in [0.2, 0.25) is 0 Å². The van der Waals surface area contributed by atoms with Gasteiger partial charge in [-0.3, -0.25) is 4.79 Å². The maximum Gasteiger partial charge on any atom is 0.163 e. The highest BCUT2D eigenvalue weighted by Gasteiger charge is 2.27. The molecule has 116 valence electrons. The quantitative estimate of drug-likeness (QED) is 0.615. The average molecular weight is 288 g/mol. The van der Waals surface area contributed by atoms with Gasteiger partial charge < -0.3 is 5.11 Å². The number of hydrogen-bond donors (Lipinski definition) is 1. The Morgan fingerprint density at radius 3 is 1.86 bits per heavy atom. The molecule has 2 nitrogen and oxygen atoms in total. The van der Waals surface area contributed by atoms with E-state index in [0.717, 1.165) is 11.1 Å². The summed E-state index contributed by atoms with van der Waals surface area (Å²) in [5, 5.41) is 10.6. The molecule has 0 bridgehead atoms. The van der Waals surface area contributed by atoms with Gasteiger partial charge in [0.1, 0.15) is 5.75 Å². The van der Waals surface area contributed by atoms with Gasteiger partial charge in [0.05, 0.1) is 0 Å². The maximum absolute atomic E-state index is 12.3. The minimum atomic E-state index is -0.210. The predicted octanol–water partition coefficient (Wildman–Crippen LogP) is 5.14. The van der Waals surface area contributed by atoms with Gasteiger partial charge >= 0.3 is 0 Å². The molecule has 0 radical (unpaired) electrons. The largest absolute Gasteiger partial charge is 0.507 e. The number of ketones is 1. The number of allylic oxidation sites excluding steroid dienone is 1. The van der Waals surface area contributed by atoms with Crippen LogP contribution in [0, 0.1) is 0 Å². The van der Waals surface area contributed by atoms with E-state index in [9.17, 15) is 9.90 Å². The lowest BCUT2D eigenvalue weighted by molar-refractivity contribution is 0.0983. The second-order valence-corrected chi connectivity index (χ2v) is 7.67. The van der Waals surface area contributed by atoms with Crippen LogP contribution in [0.3, 0.4) is 0 Å². The van der Waals surface area contributed by atoms with Gasteiger partial charge in [-0.25, -0.2) is 0 Å². The van der Waals surface area contributed by atoms with Gasteiger partial charge in [0.25, 0.3) is 0 Å². The third-order valence-electron chi connectivity index (χ3n) is 3.62. The molecule has 21 heavy (non-hydrogen) atoms. The summed E-state index contributed by atoms with van der Waals surface area (Å²) >= 11 is 0. The highest BCUT2D eigenvalue weighted by atomic mass is 16.3. The Bertz CT molecular complexity index is 505. The Morgan fingerprint density at radius 1 is 1.10 bits per heavy atom. The highest BCUT2D eigenvalue weighted by molar-refractivity contribution is 5.97. The lowest BCUT2D eigenvalue weighted by Crippen LogP contribution is -2.18. The molecular weight excluding hydrogens is 260 g/mol. The van der Waals surface area contributed by atoms with Crippen molar-refractivity contribution in [1.82, 2.24) is 0 Å². The standard InChI is InChI=1S/C19H28O2/c1-8-9-10-16(20)13-11-14(18(2,3)4)17(21)15(12-13)19(5,6)7/h8,11-12,21H,1,9-10H2,2-7H3. The van der Waals surface area contributed by atoms with Crippen LogP contribution >= 0.6 is 0 Å². The van der Waals surface area contributed by atoms with E-state index in [1.54, 1.807) is 6.08 Å². The minimum Gasteiger partial charge on any atom is -0.507 e. The van der Waals surface area contributed by atoms with Crippen LogP contribution in [0.1, 0.15) is 75.9 Å².